The average Bonchev–Trinajstić information content (AvgIpc) is 2.38. The molecule has 0 spiro atoms. The van der Waals surface area contributed by atoms with E-state index in [-0.39, 0.29) is 0 Å². The fourth-order valence-corrected chi connectivity index (χ4v) is 1.66. The minimum absolute atomic E-state index is 0.951. The molecule has 82 valence electrons. The molecule has 2 rings (SSSR count). The first-order valence-corrected chi connectivity index (χ1v) is 5.46. The van der Waals surface area contributed by atoms with Crippen LogP contribution in [-0.4, -0.2) is 12.1 Å². The van der Waals surface area contributed by atoms with Crippen LogP contribution >= 0.6 is 0 Å². The molecule has 16 heavy (non-hydrogen) atoms. The Kier molecular flexibility index (Phi) is 3.57. The van der Waals surface area contributed by atoms with Gasteiger partial charge >= 0.3 is 0 Å². The number of nitrogens with one attached hydrogen (secondary N) is 1. The van der Waals surface area contributed by atoms with Gasteiger partial charge in [-0.1, -0.05) is 42.5 Å². The zero-order chi connectivity index (χ0) is 11.2. The van der Waals surface area contributed by atoms with E-state index in [1.165, 1.54) is 11.3 Å². The Bertz CT molecular complexity index is 416. The summed E-state index contributed by atoms with van der Waals surface area (Å²) >= 11 is 0. The smallest absolute Gasteiger partial charge is 0.0534 e. The summed E-state index contributed by atoms with van der Waals surface area (Å²) < 4.78 is 0. The van der Waals surface area contributed by atoms with Gasteiger partial charge in [0.1, 0.15) is 0 Å². The van der Waals surface area contributed by atoms with Crippen molar-refractivity contribution in [3.63, 3.8) is 0 Å². The second-order valence-corrected chi connectivity index (χ2v) is 3.61. The minimum atomic E-state index is 0.951. The molecule has 0 radical (unpaired) electrons. The lowest BCUT2D eigenvalue weighted by atomic mass is 10.1. The van der Waals surface area contributed by atoms with Gasteiger partial charge in [0, 0.05) is 13.2 Å². The molecule has 1 aliphatic heterocycles. The molecular weight excluding hydrogens is 196 g/mol. The zero-order valence-electron chi connectivity index (χ0n) is 9.43. The highest BCUT2D eigenvalue weighted by Gasteiger charge is 2.02. The molecule has 1 aromatic carbocycles. The van der Waals surface area contributed by atoms with Crippen LogP contribution in [0.3, 0.4) is 0 Å². The molecule has 0 unspecified atom stereocenters. The molecule has 0 aromatic heterocycles. The third-order valence-electron chi connectivity index (χ3n) is 2.52. The molecule has 1 N–H and O–H groups in total. The Morgan fingerprint density at radius 2 is 2.00 bits per heavy atom. The topological polar surface area (TPSA) is 15.3 Å². The van der Waals surface area contributed by atoms with Crippen LogP contribution in [0.15, 0.2) is 66.5 Å². The van der Waals surface area contributed by atoms with Crippen LogP contribution in [0.5, 0.6) is 0 Å². The summed E-state index contributed by atoms with van der Waals surface area (Å²) in [7, 11) is 1.92. The maximum absolute atomic E-state index is 3.12. The standard InChI is InChI=1S/C14H16N2/c1-15-16-12-6-5-9-14(16)11-10-13-7-3-2-4-8-13/h2-9,11-12,15H,10H2,1H3/b14-11-. The quantitative estimate of drug-likeness (QED) is 0.828. The van der Waals surface area contributed by atoms with Gasteiger partial charge in [0.15, 0.2) is 0 Å². The lowest BCUT2D eigenvalue weighted by molar-refractivity contribution is 0.382. The van der Waals surface area contributed by atoms with Crippen LogP contribution in [0.1, 0.15) is 5.56 Å². The summed E-state index contributed by atoms with van der Waals surface area (Å²) in [5.41, 5.74) is 5.62. The van der Waals surface area contributed by atoms with E-state index in [9.17, 15) is 0 Å². The van der Waals surface area contributed by atoms with Crippen LogP contribution in [-0.2, 0) is 6.42 Å². The maximum Gasteiger partial charge on any atom is 0.0534 e. The molecule has 0 atom stereocenters. The number of hydrogen-bond acceptors (Lipinski definition) is 2. The molecule has 0 saturated heterocycles. The van der Waals surface area contributed by atoms with Gasteiger partial charge in [-0.2, -0.15) is 0 Å². The van der Waals surface area contributed by atoms with Gasteiger partial charge in [-0.3, -0.25) is 5.01 Å². The van der Waals surface area contributed by atoms with Crippen molar-refractivity contribution in [3.05, 3.63) is 72.1 Å². The fraction of sp³-hybridized carbons (Fsp3) is 0.143. The molecule has 0 aliphatic carbocycles. The van der Waals surface area contributed by atoms with Crippen LogP contribution in [0, 0.1) is 0 Å². The molecule has 0 saturated carbocycles. The first-order valence-electron chi connectivity index (χ1n) is 5.46. The molecular formula is C14H16N2. The summed E-state index contributed by atoms with van der Waals surface area (Å²) in [4.78, 5) is 0. The van der Waals surface area contributed by atoms with Crippen molar-refractivity contribution in [2.75, 3.05) is 7.05 Å². The van der Waals surface area contributed by atoms with Crippen LogP contribution in [0.4, 0.5) is 0 Å². The second-order valence-electron chi connectivity index (χ2n) is 3.61. The lowest BCUT2D eigenvalue weighted by Crippen LogP contribution is -2.29. The van der Waals surface area contributed by atoms with Crippen molar-refractivity contribution in [1.29, 1.82) is 0 Å². The fourth-order valence-electron chi connectivity index (χ4n) is 1.66. The molecule has 2 nitrogen and oxygen atoms in total. The van der Waals surface area contributed by atoms with E-state index < -0.39 is 0 Å². The normalized spacial score (nSPS) is 17.1. The van der Waals surface area contributed by atoms with Crippen LogP contribution in [0.2, 0.25) is 0 Å². The lowest BCUT2D eigenvalue weighted by Gasteiger charge is -2.22. The highest BCUT2D eigenvalue weighted by Crippen LogP contribution is 2.11. The summed E-state index contributed by atoms with van der Waals surface area (Å²) in [5, 5.41) is 2.00. The minimum Gasteiger partial charge on any atom is -0.285 e. The number of rotatable bonds is 3. The van der Waals surface area contributed by atoms with Gasteiger partial charge in [-0.05, 0) is 24.1 Å². The van der Waals surface area contributed by atoms with Crippen molar-refractivity contribution in [2.45, 2.75) is 6.42 Å². The van der Waals surface area contributed by atoms with E-state index >= 15 is 0 Å². The summed E-state index contributed by atoms with van der Waals surface area (Å²) in [6, 6.07) is 10.5. The molecule has 0 amide bonds. The van der Waals surface area contributed by atoms with Gasteiger partial charge in [-0.25, -0.2) is 5.43 Å². The molecule has 1 heterocycles. The predicted molar refractivity (Wildman–Crippen MR) is 67.4 cm³/mol. The SMILES string of the molecule is CNN1C=CC=C/C1=C/Cc1ccccc1. The van der Waals surface area contributed by atoms with E-state index in [1.54, 1.807) is 0 Å². The number of hydrazine groups is 1. The number of benzene rings is 1. The van der Waals surface area contributed by atoms with Crippen molar-refractivity contribution < 1.29 is 0 Å². The van der Waals surface area contributed by atoms with Crippen molar-refractivity contribution >= 4 is 0 Å². The Morgan fingerprint density at radius 1 is 1.19 bits per heavy atom. The first-order chi connectivity index (χ1) is 7.90. The van der Waals surface area contributed by atoms with Gasteiger partial charge in [0.25, 0.3) is 0 Å². The maximum atomic E-state index is 3.12. The number of nitrogens with zero attached hydrogens (tertiary/aromatic N) is 1. The monoisotopic (exact) mass is 212 g/mol. The van der Waals surface area contributed by atoms with Gasteiger partial charge in [0.2, 0.25) is 0 Å². The summed E-state index contributed by atoms with van der Waals surface area (Å²) in [5.74, 6) is 0. The van der Waals surface area contributed by atoms with Crippen LogP contribution in [0.25, 0.3) is 0 Å². The summed E-state index contributed by atoms with van der Waals surface area (Å²) in [6.07, 6.45) is 11.3. The Balaban J connectivity index is 2.07. The van der Waals surface area contributed by atoms with Gasteiger partial charge in [-0.15, -0.1) is 0 Å². The third kappa shape index (κ3) is 2.61. The van der Waals surface area contributed by atoms with Crippen molar-refractivity contribution in [3.8, 4) is 0 Å². The average molecular weight is 212 g/mol. The third-order valence-corrected chi connectivity index (χ3v) is 2.52. The predicted octanol–water partition coefficient (Wildman–Crippen LogP) is 2.63. The first kappa shape index (κ1) is 10.7. The highest BCUT2D eigenvalue weighted by molar-refractivity contribution is 5.29. The summed E-state index contributed by atoms with van der Waals surface area (Å²) in [6.45, 7) is 0. The van der Waals surface area contributed by atoms with Crippen molar-refractivity contribution in [1.82, 2.24) is 10.4 Å². The van der Waals surface area contributed by atoms with Gasteiger partial charge in [0.05, 0.1) is 5.70 Å². The van der Waals surface area contributed by atoms with E-state index in [1.807, 2.05) is 36.5 Å². The van der Waals surface area contributed by atoms with E-state index in [4.69, 9.17) is 0 Å². The van der Waals surface area contributed by atoms with E-state index in [0.717, 1.165) is 6.42 Å². The molecule has 0 fully saturated rings. The van der Waals surface area contributed by atoms with Gasteiger partial charge < -0.3 is 0 Å². The van der Waals surface area contributed by atoms with Crippen molar-refractivity contribution in [2.24, 2.45) is 0 Å². The zero-order valence-corrected chi connectivity index (χ0v) is 9.43. The number of allylic oxidation sites excluding steroid dienone is 4. The Morgan fingerprint density at radius 3 is 2.75 bits per heavy atom. The van der Waals surface area contributed by atoms with E-state index in [0.29, 0.717) is 0 Å². The largest absolute Gasteiger partial charge is 0.285 e. The Hall–Kier alpha value is -1.80. The second kappa shape index (κ2) is 5.33. The number of hydrogen-bond donors (Lipinski definition) is 1. The molecule has 1 aromatic rings. The van der Waals surface area contributed by atoms with E-state index in [2.05, 4.69) is 41.8 Å². The Labute approximate surface area is 96.6 Å². The van der Waals surface area contributed by atoms with Crippen LogP contribution < -0.4 is 5.43 Å². The highest BCUT2D eigenvalue weighted by atomic mass is 15.5. The molecule has 1 aliphatic rings. The molecule has 0 bridgehead atoms. The molecule has 2 heteroatoms.